The molecule has 2 amide bonds. The SMILES string of the molecule is COc1ccc2[nH]c(=O)c(CN(CCCN3CCOCC3)C(=O)Nc3ccc(Cl)cc3)cc2c1. The molecule has 1 saturated heterocycles. The number of fused-ring (bicyclic) bond motifs is 1. The molecule has 1 aromatic heterocycles. The predicted molar refractivity (Wildman–Crippen MR) is 134 cm³/mol. The minimum Gasteiger partial charge on any atom is -0.497 e. The van der Waals surface area contributed by atoms with Gasteiger partial charge in [-0.25, -0.2) is 4.79 Å². The average Bonchev–Trinajstić information content (AvgIpc) is 2.85. The van der Waals surface area contributed by atoms with Crippen molar-refractivity contribution in [2.75, 3.05) is 51.8 Å². The summed E-state index contributed by atoms with van der Waals surface area (Å²) in [5.74, 6) is 0.702. The van der Waals surface area contributed by atoms with E-state index in [1.165, 1.54) is 0 Å². The molecular formula is C25H29ClN4O4. The molecule has 1 fully saturated rings. The molecule has 8 nitrogen and oxygen atoms in total. The first-order valence-corrected chi connectivity index (χ1v) is 11.7. The molecule has 0 unspecified atom stereocenters. The van der Waals surface area contributed by atoms with Crippen molar-refractivity contribution >= 4 is 34.2 Å². The predicted octanol–water partition coefficient (Wildman–Crippen LogP) is 3.95. The van der Waals surface area contributed by atoms with Crippen LogP contribution >= 0.6 is 11.6 Å². The van der Waals surface area contributed by atoms with Gasteiger partial charge < -0.3 is 24.7 Å². The Morgan fingerprint density at radius 1 is 1.18 bits per heavy atom. The van der Waals surface area contributed by atoms with Crippen LogP contribution in [0.3, 0.4) is 0 Å². The number of amides is 2. The number of urea groups is 1. The molecule has 0 spiro atoms. The van der Waals surface area contributed by atoms with Crippen LogP contribution in [0.5, 0.6) is 5.75 Å². The van der Waals surface area contributed by atoms with Crippen molar-refractivity contribution in [2.24, 2.45) is 0 Å². The van der Waals surface area contributed by atoms with Crippen LogP contribution in [0.2, 0.25) is 5.02 Å². The summed E-state index contributed by atoms with van der Waals surface area (Å²) in [6.07, 6.45) is 0.785. The molecule has 2 heterocycles. The third-order valence-corrected chi connectivity index (χ3v) is 6.13. The number of nitrogens with one attached hydrogen (secondary N) is 2. The zero-order valence-corrected chi connectivity index (χ0v) is 19.9. The van der Waals surface area contributed by atoms with Crippen molar-refractivity contribution in [2.45, 2.75) is 13.0 Å². The lowest BCUT2D eigenvalue weighted by molar-refractivity contribution is 0.0365. The number of carbonyl (C=O) groups is 1. The zero-order chi connectivity index (χ0) is 23.9. The number of H-pyrrole nitrogens is 1. The van der Waals surface area contributed by atoms with E-state index >= 15 is 0 Å². The van der Waals surface area contributed by atoms with Crippen LogP contribution in [0, 0.1) is 0 Å². The fourth-order valence-corrected chi connectivity index (χ4v) is 4.10. The van der Waals surface area contributed by atoms with Gasteiger partial charge in [-0.05, 0) is 55.0 Å². The smallest absolute Gasteiger partial charge is 0.322 e. The zero-order valence-electron chi connectivity index (χ0n) is 19.2. The fourth-order valence-electron chi connectivity index (χ4n) is 3.98. The van der Waals surface area contributed by atoms with Gasteiger partial charge in [0.1, 0.15) is 5.75 Å². The van der Waals surface area contributed by atoms with Crippen LogP contribution in [0.15, 0.2) is 53.3 Å². The highest BCUT2D eigenvalue weighted by molar-refractivity contribution is 6.30. The van der Waals surface area contributed by atoms with Crippen LogP contribution in [0.4, 0.5) is 10.5 Å². The first kappa shape index (κ1) is 24.1. The average molecular weight is 485 g/mol. The number of carbonyl (C=O) groups excluding carboxylic acids is 1. The van der Waals surface area contributed by atoms with Crippen molar-refractivity contribution in [3.63, 3.8) is 0 Å². The number of halogens is 1. The maximum absolute atomic E-state index is 13.2. The van der Waals surface area contributed by atoms with Crippen LogP contribution < -0.4 is 15.6 Å². The Hall–Kier alpha value is -3.07. The summed E-state index contributed by atoms with van der Waals surface area (Å²) in [5, 5.41) is 4.36. The van der Waals surface area contributed by atoms with E-state index in [4.69, 9.17) is 21.1 Å². The highest BCUT2D eigenvalue weighted by Crippen LogP contribution is 2.20. The van der Waals surface area contributed by atoms with E-state index in [0.29, 0.717) is 28.6 Å². The number of hydrogen-bond donors (Lipinski definition) is 2. The third kappa shape index (κ3) is 6.28. The minimum atomic E-state index is -0.269. The number of ether oxygens (including phenoxy) is 2. The third-order valence-electron chi connectivity index (χ3n) is 5.88. The van der Waals surface area contributed by atoms with Gasteiger partial charge in [0.05, 0.1) is 26.9 Å². The summed E-state index contributed by atoms with van der Waals surface area (Å²) in [7, 11) is 1.60. The Labute approximate surface area is 203 Å². The number of nitrogens with zero attached hydrogens (tertiary/aromatic N) is 2. The lowest BCUT2D eigenvalue weighted by Gasteiger charge is -2.28. The molecule has 0 radical (unpaired) electrons. The van der Waals surface area contributed by atoms with Crippen LogP contribution in [-0.4, -0.2) is 67.3 Å². The lowest BCUT2D eigenvalue weighted by Crippen LogP contribution is -2.40. The normalized spacial score (nSPS) is 14.2. The summed E-state index contributed by atoms with van der Waals surface area (Å²) in [5.41, 5.74) is 1.66. The molecule has 1 aliphatic heterocycles. The van der Waals surface area contributed by atoms with Gasteiger partial charge in [-0.1, -0.05) is 11.6 Å². The van der Waals surface area contributed by atoms with Crippen LogP contribution in [0.1, 0.15) is 12.0 Å². The topological polar surface area (TPSA) is 86.9 Å². The molecule has 3 aromatic rings. The minimum absolute atomic E-state index is 0.186. The van der Waals surface area contributed by atoms with Crippen molar-refractivity contribution in [1.82, 2.24) is 14.8 Å². The molecule has 9 heteroatoms. The van der Waals surface area contributed by atoms with Gasteiger partial charge in [-0.3, -0.25) is 9.69 Å². The van der Waals surface area contributed by atoms with Gasteiger partial charge >= 0.3 is 6.03 Å². The molecule has 34 heavy (non-hydrogen) atoms. The Morgan fingerprint density at radius 2 is 1.94 bits per heavy atom. The quantitative estimate of drug-likeness (QED) is 0.505. The van der Waals surface area contributed by atoms with Gasteiger partial charge in [0, 0.05) is 53.4 Å². The molecule has 2 aromatic carbocycles. The highest BCUT2D eigenvalue weighted by atomic mass is 35.5. The summed E-state index contributed by atoms with van der Waals surface area (Å²) in [6.45, 7) is 4.80. The second kappa shape index (κ2) is 11.4. The Bertz CT molecular complexity index is 1180. The van der Waals surface area contributed by atoms with Crippen molar-refractivity contribution in [1.29, 1.82) is 0 Å². The number of morpholine rings is 1. The molecule has 4 rings (SSSR count). The number of benzene rings is 2. The summed E-state index contributed by atoms with van der Waals surface area (Å²) in [4.78, 5) is 32.9. The number of methoxy groups -OCH3 is 1. The monoisotopic (exact) mass is 484 g/mol. The summed E-state index contributed by atoms with van der Waals surface area (Å²) < 4.78 is 10.7. The van der Waals surface area contributed by atoms with Gasteiger partial charge in [0.15, 0.2) is 0 Å². The first-order chi connectivity index (χ1) is 16.5. The van der Waals surface area contributed by atoms with E-state index in [1.807, 2.05) is 18.2 Å². The van der Waals surface area contributed by atoms with E-state index < -0.39 is 0 Å². The largest absolute Gasteiger partial charge is 0.497 e. The maximum atomic E-state index is 13.2. The van der Waals surface area contributed by atoms with Gasteiger partial charge in [-0.15, -0.1) is 0 Å². The van der Waals surface area contributed by atoms with E-state index in [2.05, 4.69) is 15.2 Å². The van der Waals surface area contributed by atoms with Crippen molar-refractivity contribution in [3.8, 4) is 5.75 Å². The van der Waals surface area contributed by atoms with E-state index in [9.17, 15) is 9.59 Å². The van der Waals surface area contributed by atoms with E-state index in [-0.39, 0.29) is 18.1 Å². The molecule has 180 valence electrons. The molecule has 2 N–H and O–H groups in total. The van der Waals surface area contributed by atoms with Gasteiger partial charge in [0.25, 0.3) is 5.56 Å². The number of aromatic nitrogens is 1. The molecule has 0 atom stereocenters. The Balaban J connectivity index is 1.52. The number of pyridine rings is 1. The number of aromatic amines is 1. The second-order valence-corrected chi connectivity index (χ2v) is 8.68. The maximum Gasteiger partial charge on any atom is 0.322 e. The summed E-state index contributed by atoms with van der Waals surface area (Å²) in [6, 6.07) is 14.0. The first-order valence-electron chi connectivity index (χ1n) is 11.3. The van der Waals surface area contributed by atoms with Gasteiger partial charge in [-0.2, -0.15) is 0 Å². The van der Waals surface area contributed by atoms with Crippen molar-refractivity contribution < 1.29 is 14.3 Å². The van der Waals surface area contributed by atoms with Crippen LogP contribution in [-0.2, 0) is 11.3 Å². The standard InChI is InChI=1S/C25H29ClN4O4/c1-33-22-7-8-23-18(16-22)15-19(24(31)28-23)17-30(10-2-9-29-11-13-34-14-12-29)25(32)27-21-5-3-20(26)4-6-21/h3-8,15-16H,2,9-14,17H2,1H3,(H,27,32)(H,28,31). The molecule has 1 aliphatic rings. The fraction of sp³-hybridized carbons (Fsp3) is 0.360. The number of anilines is 1. The van der Waals surface area contributed by atoms with Gasteiger partial charge in [0.2, 0.25) is 0 Å². The van der Waals surface area contributed by atoms with Crippen LogP contribution in [0.25, 0.3) is 10.9 Å². The van der Waals surface area contributed by atoms with E-state index in [0.717, 1.165) is 50.2 Å². The lowest BCUT2D eigenvalue weighted by atomic mass is 10.1. The Kier molecular flexibility index (Phi) is 8.05. The van der Waals surface area contributed by atoms with E-state index in [1.54, 1.807) is 42.3 Å². The number of rotatable bonds is 8. The molecule has 0 bridgehead atoms. The molecule has 0 aliphatic carbocycles. The van der Waals surface area contributed by atoms with Crippen molar-refractivity contribution in [3.05, 3.63) is 69.5 Å². The number of hydrogen-bond acceptors (Lipinski definition) is 5. The second-order valence-electron chi connectivity index (χ2n) is 8.24. The molecule has 0 saturated carbocycles. The Morgan fingerprint density at radius 3 is 2.68 bits per heavy atom. The molecular weight excluding hydrogens is 456 g/mol. The highest BCUT2D eigenvalue weighted by Gasteiger charge is 2.18. The summed E-state index contributed by atoms with van der Waals surface area (Å²) >= 11 is 5.96.